The maximum atomic E-state index is 5.34. The van der Waals surface area contributed by atoms with Crippen molar-refractivity contribution in [2.24, 2.45) is 5.84 Å². The van der Waals surface area contributed by atoms with Gasteiger partial charge in [-0.3, -0.25) is 10.5 Å². The van der Waals surface area contributed by atoms with Crippen LogP contribution in [0.15, 0.2) is 6.20 Å². The number of aromatic amines is 1. The fraction of sp³-hybridized carbons (Fsp3) is 0.500. The van der Waals surface area contributed by atoms with Crippen molar-refractivity contribution in [2.75, 3.05) is 31.4 Å². The van der Waals surface area contributed by atoms with E-state index < -0.39 is 0 Å². The van der Waals surface area contributed by atoms with Gasteiger partial charge in [0.1, 0.15) is 5.82 Å². The van der Waals surface area contributed by atoms with Gasteiger partial charge < -0.3 is 10.2 Å². The van der Waals surface area contributed by atoms with E-state index in [2.05, 4.69) is 42.7 Å². The van der Waals surface area contributed by atoms with E-state index in [9.17, 15) is 0 Å². The number of hydrazine groups is 1. The van der Waals surface area contributed by atoms with Gasteiger partial charge >= 0.3 is 0 Å². The molecule has 18 heavy (non-hydrogen) atoms. The molecule has 2 aromatic rings. The molecule has 0 aliphatic rings. The zero-order chi connectivity index (χ0) is 13.1. The number of likely N-dealkylation sites (N-methyl/N-ethyl adjacent to an activating group) is 1. The third kappa shape index (κ3) is 2.66. The number of H-pyrrole nitrogens is 1. The summed E-state index contributed by atoms with van der Waals surface area (Å²) in [7, 11) is 4.05. The minimum absolute atomic E-state index is 0.249. The summed E-state index contributed by atoms with van der Waals surface area (Å²) in [6.45, 7) is 2.98. The molecule has 1 unspecified atom stereocenters. The van der Waals surface area contributed by atoms with Crippen molar-refractivity contribution in [3.63, 3.8) is 0 Å². The smallest absolute Gasteiger partial charge is 0.241 e. The highest BCUT2D eigenvalue weighted by atomic mass is 15.3. The fourth-order valence-electron chi connectivity index (χ4n) is 1.84. The molecular formula is C10H18N8. The SMILES string of the molecule is CC(CN(C)C)Nc1nc(NN)nc2[nH]ncc12. The molecule has 0 amide bonds. The monoisotopic (exact) mass is 250 g/mol. The zero-order valence-corrected chi connectivity index (χ0v) is 10.7. The van der Waals surface area contributed by atoms with Crippen molar-refractivity contribution in [1.82, 2.24) is 25.1 Å². The number of nitrogens with one attached hydrogen (secondary N) is 3. The van der Waals surface area contributed by atoms with Gasteiger partial charge in [0.15, 0.2) is 5.65 Å². The van der Waals surface area contributed by atoms with E-state index in [0.29, 0.717) is 11.6 Å². The number of nitrogens with zero attached hydrogens (tertiary/aromatic N) is 4. The molecule has 8 nitrogen and oxygen atoms in total. The van der Waals surface area contributed by atoms with Gasteiger partial charge in [0.25, 0.3) is 0 Å². The Morgan fingerprint density at radius 3 is 2.89 bits per heavy atom. The topological polar surface area (TPSA) is 108 Å². The van der Waals surface area contributed by atoms with Crippen LogP contribution in [-0.2, 0) is 0 Å². The van der Waals surface area contributed by atoms with Gasteiger partial charge in [-0.05, 0) is 21.0 Å². The Balaban J connectivity index is 2.28. The molecule has 2 heterocycles. The first kappa shape index (κ1) is 12.5. The number of fused-ring (bicyclic) bond motifs is 1. The second-order valence-corrected chi connectivity index (χ2v) is 4.48. The summed E-state index contributed by atoms with van der Waals surface area (Å²) in [4.78, 5) is 10.6. The number of nitrogens with two attached hydrogens (primary N) is 1. The summed E-state index contributed by atoms with van der Waals surface area (Å²) in [6, 6.07) is 0.249. The fourth-order valence-corrected chi connectivity index (χ4v) is 1.84. The molecule has 2 rings (SSSR count). The Hall–Kier alpha value is -1.93. The van der Waals surface area contributed by atoms with Crippen LogP contribution in [0.5, 0.6) is 0 Å². The van der Waals surface area contributed by atoms with Gasteiger partial charge in [-0.2, -0.15) is 15.1 Å². The van der Waals surface area contributed by atoms with Gasteiger partial charge in [0.2, 0.25) is 5.95 Å². The van der Waals surface area contributed by atoms with Crippen molar-refractivity contribution < 1.29 is 0 Å². The highest BCUT2D eigenvalue weighted by molar-refractivity contribution is 5.87. The average molecular weight is 250 g/mol. The summed E-state index contributed by atoms with van der Waals surface area (Å²) in [6.07, 6.45) is 1.69. The molecule has 0 spiro atoms. The summed E-state index contributed by atoms with van der Waals surface area (Å²) >= 11 is 0. The number of nitrogen functional groups attached to an aromatic ring is 1. The van der Waals surface area contributed by atoms with Crippen LogP contribution in [0, 0.1) is 0 Å². The van der Waals surface area contributed by atoms with Crippen LogP contribution >= 0.6 is 0 Å². The number of hydrogen-bond acceptors (Lipinski definition) is 7. The number of aromatic nitrogens is 4. The number of hydrogen-bond donors (Lipinski definition) is 4. The van der Waals surface area contributed by atoms with E-state index in [1.54, 1.807) is 6.20 Å². The minimum atomic E-state index is 0.249. The second kappa shape index (κ2) is 5.15. The van der Waals surface area contributed by atoms with Crippen LogP contribution in [0.2, 0.25) is 0 Å². The Morgan fingerprint density at radius 1 is 1.44 bits per heavy atom. The average Bonchev–Trinajstić information content (AvgIpc) is 2.75. The Labute approximate surface area is 105 Å². The lowest BCUT2D eigenvalue weighted by molar-refractivity contribution is 0.392. The van der Waals surface area contributed by atoms with Crippen molar-refractivity contribution >= 4 is 22.8 Å². The molecule has 0 radical (unpaired) electrons. The van der Waals surface area contributed by atoms with Crippen LogP contribution in [-0.4, -0.2) is 51.7 Å². The lowest BCUT2D eigenvalue weighted by atomic mass is 10.3. The van der Waals surface area contributed by atoms with Gasteiger partial charge in [0.05, 0.1) is 11.6 Å². The first-order valence-corrected chi connectivity index (χ1v) is 5.69. The van der Waals surface area contributed by atoms with Crippen molar-refractivity contribution in [2.45, 2.75) is 13.0 Å². The lowest BCUT2D eigenvalue weighted by Gasteiger charge is -2.19. The van der Waals surface area contributed by atoms with Gasteiger partial charge in [0, 0.05) is 12.6 Å². The molecule has 0 bridgehead atoms. The first-order chi connectivity index (χ1) is 8.60. The Kier molecular flexibility index (Phi) is 3.58. The number of rotatable bonds is 5. The minimum Gasteiger partial charge on any atom is -0.366 e. The summed E-state index contributed by atoms with van der Waals surface area (Å²) in [5.41, 5.74) is 3.09. The van der Waals surface area contributed by atoms with Crippen LogP contribution in [0.4, 0.5) is 11.8 Å². The maximum absolute atomic E-state index is 5.34. The molecule has 0 saturated heterocycles. The molecule has 0 aliphatic carbocycles. The molecule has 5 N–H and O–H groups in total. The predicted molar refractivity (Wildman–Crippen MR) is 71.1 cm³/mol. The highest BCUT2D eigenvalue weighted by Crippen LogP contribution is 2.20. The third-order valence-corrected chi connectivity index (χ3v) is 2.46. The van der Waals surface area contributed by atoms with E-state index in [1.165, 1.54) is 0 Å². The van der Waals surface area contributed by atoms with Gasteiger partial charge in [-0.1, -0.05) is 0 Å². The second-order valence-electron chi connectivity index (χ2n) is 4.48. The van der Waals surface area contributed by atoms with E-state index in [0.717, 1.165) is 17.7 Å². The number of anilines is 2. The van der Waals surface area contributed by atoms with E-state index >= 15 is 0 Å². The van der Waals surface area contributed by atoms with Gasteiger partial charge in [-0.25, -0.2) is 5.84 Å². The summed E-state index contributed by atoms with van der Waals surface area (Å²) in [5, 5.41) is 10.9. The molecule has 0 fully saturated rings. The first-order valence-electron chi connectivity index (χ1n) is 5.69. The Morgan fingerprint density at radius 2 is 2.22 bits per heavy atom. The highest BCUT2D eigenvalue weighted by Gasteiger charge is 2.11. The quantitative estimate of drug-likeness (QED) is 0.437. The molecule has 0 aliphatic heterocycles. The van der Waals surface area contributed by atoms with Crippen LogP contribution in [0.3, 0.4) is 0 Å². The van der Waals surface area contributed by atoms with Crippen LogP contribution in [0.1, 0.15) is 6.92 Å². The van der Waals surface area contributed by atoms with Crippen molar-refractivity contribution in [1.29, 1.82) is 0 Å². The molecule has 0 aromatic carbocycles. The van der Waals surface area contributed by atoms with Crippen molar-refractivity contribution in [3.05, 3.63) is 6.20 Å². The molecule has 98 valence electrons. The third-order valence-electron chi connectivity index (χ3n) is 2.46. The maximum Gasteiger partial charge on any atom is 0.241 e. The van der Waals surface area contributed by atoms with Crippen LogP contribution in [0.25, 0.3) is 11.0 Å². The lowest BCUT2D eigenvalue weighted by Crippen LogP contribution is -2.30. The predicted octanol–water partition coefficient (Wildman–Crippen LogP) is 0.000500. The largest absolute Gasteiger partial charge is 0.366 e. The normalized spacial score (nSPS) is 12.9. The summed E-state index contributed by atoms with van der Waals surface area (Å²) in [5.74, 6) is 6.42. The standard InChI is InChI=1S/C10H18N8/c1-6(5-18(2)3)13-8-7-4-12-17-9(7)15-10(14-8)16-11/h4,6H,5,11H2,1-3H3,(H3,12,13,14,15,16,17). The molecule has 0 saturated carbocycles. The molecule has 1 atom stereocenters. The van der Waals surface area contributed by atoms with E-state index in [-0.39, 0.29) is 6.04 Å². The van der Waals surface area contributed by atoms with E-state index in [1.807, 2.05) is 14.1 Å². The van der Waals surface area contributed by atoms with Crippen molar-refractivity contribution in [3.8, 4) is 0 Å². The zero-order valence-electron chi connectivity index (χ0n) is 10.7. The molecule has 2 aromatic heterocycles. The van der Waals surface area contributed by atoms with Gasteiger partial charge in [-0.15, -0.1) is 0 Å². The molecular weight excluding hydrogens is 232 g/mol. The Bertz CT molecular complexity index is 520. The summed E-state index contributed by atoms with van der Waals surface area (Å²) < 4.78 is 0. The van der Waals surface area contributed by atoms with Crippen LogP contribution < -0.4 is 16.6 Å². The van der Waals surface area contributed by atoms with E-state index in [4.69, 9.17) is 5.84 Å². The molecule has 8 heteroatoms.